The van der Waals surface area contributed by atoms with E-state index in [-0.39, 0.29) is 5.63 Å². The molecule has 0 spiro atoms. The van der Waals surface area contributed by atoms with Gasteiger partial charge in [-0.15, -0.1) is 0 Å². The third kappa shape index (κ3) is 2.89. The second kappa shape index (κ2) is 6.28. The van der Waals surface area contributed by atoms with Crippen molar-refractivity contribution in [2.24, 2.45) is 0 Å². The zero-order chi connectivity index (χ0) is 16.5. The second-order valence-electron chi connectivity index (χ2n) is 5.61. The van der Waals surface area contributed by atoms with Gasteiger partial charge in [-0.05, 0) is 63.2 Å². The van der Waals surface area contributed by atoms with Crippen LogP contribution in [0, 0.1) is 3.57 Å². The Kier molecular flexibility index (Phi) is 3.98. The first-order valence-corrected chi connectivity index (χ1v) is 8.72. The Bertz CT molecular complexity index is 1100. The van der Waals surface area contributed by atoms with Crippen molar-refractivity contribution in [1.29, 1.82) is 0 Å². The number of hydrogen-bond acceptors (Lipinski definition) is 3. The van der Waals surface area contributed by atoms with Gasteiger partial charge in [0.25, 0.3) is 0 Å². The summed E-state index contributed by atoms with van der Waals surface area (Å²) in [5.74, 6) is 0. The van der Waals surface area contributed by atoms with E-state index in [1.165, 1.54) is 3.57 Å². The molecular weight excluding hydrogens is 413 g/mol. The molecule has 0 amide bonds. The largest absolute Gasteiger partial charge is 0.423 e. The zero-order valence-corrected chi connectivity index (χ0v) is 14.9. The van der Waals surface area contributed by atoms with Crippen LogP contribution in [0.2, 0.25) is 0 Å². The van der Waals surface area contributed by atoms with Gasteiger partial charge < -0.3 is 9.73 Å². The standard InChI is InChI=1S/C20H14INO2/c21-15-5-3-6-16(11-15)22-12-14-10-19(23)24-18-9-8-13-4-1-2-7-17(13)20(14)18/h1-11,22H,12H2. The summed E-state index contributed by atoms with van der Waals surface area (Å²) in [5, 5.41) is 6.62. The van der Waals surface area contributed by atoms with Gasteiger partial charge in [0.2, 0.25) is 0 Å². The number of rotatable bonds is 3. The lowest BCUT2D eigenvalue weighted by atomic mass is 10.0. The minimum atomic E-state index is -0.322. The first-order chi connectivity index (χ1) is 11.7. The summed E-state index contributed by atoms with van der Waals surface area (Å²) < 4.78 is 6.56. The van der Waals surface area contributed by atoms with Gasteiger partial charge in [0.05, 0.1) is 0 Å². The Balaban J connectivity index is 1.84. The molecule has 4 heteroatoms. The fourth-order valence-electron chi connectivity index (χ4n) is 2.96. The summed E-state index contributed by atoms with van der Waals surface area (Å²) in [7, 11) is 0. The SMILES string of the molecule is O=c1cc(CNc2cccc(I)c2)c2c(ccc3ccccc32)o1. The van der Waals surface area contributed by atoms with E-state index in [0.717, 1.165) is 27.4 Å². The molecule has 118 valence electrons. The molecule has 0 atom stereocenters. The number of anilines is 1. The molecule has 0 fully saturated rings. The summed E-state index contributed by atoms with van der Waals surface area (Å²) in [4.78, 5) is 11.9. The van der Waals surface area contributed by atoms with Crippen LogP contribution in [0.3, 0.4) is 0 Å². The molecule has 4 aromatic rings. The van der Waals surface area contributed by atoms with Gasteiger partial charge in [0, 0.05) is 27.3 Å². The molecule has 3 aromatic carbocycles. The predicted molar refractivity (Wildman–Crippen MR) is 106 cm³/mol. The predicted octanol–water partition coefficient (Wildman–Crippen LogP) is 5.16. The first kappa shape index (κ1) is 15.2. The number of benzene rings is 3. The van der Waals surface area contributed by atoms with E-state index >= 15 is 0 Å². The maximum absolute atomic E-state index is 11.9. The molecule has 1 N–H and O–H groups in total. The van der Waals surface area contributed by atoms with Crippen molar-refractivity contribution >= 4 is 50.0 Å². The number of halogens is 1. The maximum atomic E-state index is 11.9. The van der Waals surface area contributed by atoms with E-state index in [4.69, 9.17) is 4.42 Å². The van der Waals surface area contributed by atoms with Crippen molar-refractivity contribution in [2.75, 3.05) is 5.32 Å². The van der Waals surface area contributed by atoms with Gasteiger partial charge >= 0.3 is 5.63 Å². The Hall–Kier alpha value is -2.34. The van der Waals surface area contributed by atoms with E-state index in [2.05, 4.69) is 46.1 Å². The monoisotopic (exact) mass is 427 g/mol. The lowest BCUT2D eigenvalue weighted by Gasteiger charge is -2.11. The van der Waals surface area contributed by atoms with Crippen LogP contribution in [0.4, 0.5) is 5.69 Å². The van der Waals surface area contributed by atoms with Crippen molar-refractivity contribution in [3.05, 3.63) is 86.3 Å². The van der Waals surface area contributed by atoms with Crippen LogP contribution < -0.4 is 10.9 Å². The molecule has 1 heterocycles. The lowest BCUT2D eigenvalue weighted by Crippen LogP contribution is -2.06. The van der Waals surface area contributed by atoms with Crippen molar-refractivity contribution < 1.29 is 4.42 Å². The molecule has 0 unspecified atom stereocenters. The fraction of sp³-hybridized carbons (Fsp3) is 0.0500. The Morgan fingerprint density at radius 2 is 1.83 bits per heavy atom. The van der Waals surface area contributed by atoms with Crippen LogP contribution in [-0.4, -0.2) is 0 Å². The second-order valence-corrected chi connectivity index (χ2v) is 6.86. The third-order valence-electron chi connectivity index (χ3n) is 4.02. The Morgan fingerprint density at radius 3 is 2.71 bits per heavy atom. The highest BCUT2D eigenvalue weighted by molar-refractivity contribution is 14.1. The molecule has 24 heavy (non-hydrogen) atoms. The molecule has 0 aliphatic rings. The third-order valence-corrected chi connectivity index (χ3v) is 4.69. The van der Waals surface area contributed by atoms with Gasteiger partial charge in [0.15, 0.2) is 0 Å². The number of nitrogens with one attached hydrogen (secondary N) is 1. The summed E-state index contributed by atoms with van der Waals surface area (Å²) in [5.41, 5.74) is 2.28. The van der Waals surface area contributed by atoms with E-state index in [9.17, 15) is 4.79 Å². The molecule has 0 saturated carbocycles. The average molecular weight is 427 g/mol. The number of fused-ring (bicyclic) bond motifs is 3. The summed E-state index contributed by atoms with van der Waals surface area (Å²) >= 11 is 2.29. The Labute approximate surface area is 152 Å². The highest BCUT2D eigenvalue weighted by Gasteiger charge is 2.09. The lowest BCUT2D eigenvalue weighted by molar-refractivity contribution is 0.559. The van der Waals surface area contributed by atoms with Gasteiger partial charge in [-0.1, -0.05) is 36.4 Å². The quantitative estimate of drug-likeness (QED) is 0.279. The molecular formula is C20H14INO2. The van der Waals surface area contributed by atoms with E-state index < -0.39 is 0 Å². The van der Waals surface area contributed by atoms with E-state index in [1.54, 1.807) is 6.07 Å². The smallest absolute Gasteiger partial charge is 0.336 e. The van der Waals surface area contributed by atoms with Crippen molar-refractivity contribution in [3.8, 4) is 0 Å². The molecule has 0 radical (unpaired) electrons. The van der Waals surface area contributed by atoms with E-state index in [0.29, 0.717) is 12.1 Å². The highest BCUT2D eigenvalue weighted by Crippen LogP contribution is 2.28. The first-order valence-electron chi connectivity index (χ1n) is 7.65. The van der Waals surface area contributed by atoms with E-state index in [1.807, 2.05) is 42.5 Å². The van der Waals surface area contributed by atoms with Gasteiger partial charge in [-0.3, -0.25) is 0 Å². The van der Waals surface area contributed by atoms with Crippen LogP contribution >= 0.6 is 22.6 Å². The molecule has 0 aliphatic heterocycles. The molecule has 3 nitrogen and oxygen atoms in total. The normalized spacial score (nSPS) is 11.0. The molecule has 0 bridgehead atoms. The van der Waals surface area contributed by atoms with Gasteiger partial charge in [-0.25, -0.2) is 4.79 Å². The van der Waals surface area contributed by atoms with Crippen molar-refractivity contribution in [3.63, 3.8) is 0 Å². The van der Waals surface area contributed by atoms with Gasteiger partial charge in [-0.2, -0.15) is 0 Å². The van der Waals surface area contributed by atoms with Crippen LogP contribution in [-0.2, 0) is 6.54 Å². The average Bonchev–Trinajstić information content (AvgIpc) is 2.59. The minimum absolute atomic E-state index is 0.322. The fourth-order valence-corrected chi connectivity index (χ4v) is 3.50. The van der Waals surface area contributed by atoms with Crippen LogP contribution in [0.25, 0.3) is 21.7 Å². The van der Waals surface area contributed by atoms with Crippen molar-refractivity contribution in [1.82, 2.24) is 0 Å². The minimum Gasteiger partial charge on any atom is -0.423 e. The molecule has 0 saturated heterocycles. The maximum Gasteiger partial charge on any atom is 0.336 e. The zero-order valence-electron chi connectivity index (χ0n) is 12.8. The topological polar surface area (TPSA) is 42.2 Å². The van der Waals surface area contributed by atoms with Crippen LogP contribution in [0.5, 0.6) is 0 Å². The highest BCUT2D eigenvalue weighted by atomic mass is 127. The molecule has 0 aliphatic carbocycles. The molecule has 1 aromatic heterocycles. The Morgan fingerprint density at radius 1 is 0.958 bits per heavy atom. The van der Waals surface area contributed by atoms with Crippen molar-refractivity contribution in [2.45, 2.75) is 6.54 Å². The summed E-state index contributed by atoms with van der Waals surface area (Å²) in [6.45, 7) is 0.566. The molecule has 4 rings (SSSR count). The summed E-state index contributed by atoms with van der Waals surface area (Å²) in [6, 6.07) is 21.7. The number of hydrogen-bond donors (Lipinski definition) is 1. The van der Waals surface area contributed by atoms with Crippen LogP contribution in [0.1, 0.15) is 5.56 Å². The van der Waals surface area contributed by atoms with Crippen LogP contribution in [0.15, 0.2) is 75.9 Å². The van der Waals surface area contributed by atoms with Gasteiger partial charge in [0.1, 0.15) is 5.58 Å². The summed E-state index contributed by atoms with van der Waals surface area (Å²) in [6.07, 6.45) is 0.